The summed E-state index contributed by atoms with van der Waals surface area (Å²) in [7, 11) is 1.87. The minimum atomic E-state index is -0.436. The summed E-state index contributed by atoms with van der Waals surface area (Å²) in [4.78, 5) is 19.1. The first-order chi connectivity index (χ1) is 11.6. The fraction of sp³-hybridized carbons (Fsp3) is 0.632. The van der Waals surface area contributed by atoms with Crippen LogP contribution >= 0.6 is 0 Å². The first-order valence-electron chi connectivity index (χ1n) is 9.10. The molecule has 24 heavy (non-hydrogen) atoms. The molecule has 1 aromatic carbocycles. The van der Waals surface area contributed by atoms with Gasteiger partial charge in [0, 0.05) is 52.0 Å². The summed E-state index contributed by atoms with van der Waals surface area (Å²) in [5, 5.41) is 9.90. The van der Waals surface area contributed by atoms with E-state index in [0.717, 1.165) is 58.5 Å². The molecular formula is C19H29N3O2. The van der Waals surface area contributed by atoms with E-state index in [4.69, 9.17) is 0 Å². The van der Waals surface area contributed by atoms with E-state index in [0.29, 0.717) is 0 Å². The predicted octanol–water partition coefficient (Wildman–Crippen LogP) is 1.43. The number of carbonyl (C=O) groups is 1. The van der Waals surface area contributed by atoms with E-state index in [1.165, 1.54) is 5.69 Å². The number of para-hydroxylation sites is 1. The smallest absolute Gasteiger partial charge is 0.228 e. The lowest BCUT2D eigenvalue weighted by molar-refractivity contribution is -0.137. The molecule has 5 heteroatoms. The fourth-order valence-corrected chi connectivity index (χ4v) is 3.78. The summed E-state index contributed by atoms with van der Waals surface area (Å²) in [6.45, 7) is 5.78. The maximum Gasteiger partial charge on any atom is 0.228 e. The molecule has 2 fully saturated rings. The number of aliphatic hydroxyl groups is 1. The van der Waals surface area contributed by atoms with Gasteiger partial charge in [0.15, 0.2) is 0 Å². The van der Waals surface area contributed by atoms with Crippen molar-refractivity contribution in [2.75, 3.05) is 51.2 Å². The van der Waals surface area contributed by atoms with Gasteiger partial charge >= 0.3 is 0 Å². The van der Waals surface area contributed by atoms with Gasteiger partial charge in [-0.3, -0.25) is 9.69 Å². The molecule has 0 radical (unpaired) electrons. The first kappa shape index (κ1) is 17.2. The van der Waals surface area contributed by atoms with Crippen molar-refractivity contribution < 1.29 is 9.90 Å². The standard InChI is InChI=1S/C19H29N3O2/c1-20(19(24)17-8-5-9-18(17)23)10-11-21-12-14-22(15-13-21)16-6-3-2-4-7-16/h2-4,6-7,17-18,23H,5,8-15H2,1H3. The van der Waals surface area contributed by atoms with Gasteiger partial charge in [-0.25, -0.2) is 0 Å². The Morgan fingerprint density at radius 2 is 1.88 bits per heavy atom. The molecule has 1 amide bonds. The Hall–Kier alpha value is -1.59. The molecule has 0 bridgehead atoms. The van der Waals surface area contributed by atoms with Gasteiger partial charge in [0.25, 0.3) is 0 Å². The van der Waals surface area contributed by atoms with Gasteiger partial charge in [0.05, 0.1) is 12.0 Å². The average molecular weight is 331 g/mol. The van der Waals surface area contributed by atoms with Crippen molar-refractivity contribution in [2.45, 2.75) is 25.4 Å². The van der Waals surface area contributed by atoms with Crippen molar-refractivity contribution >= 4 is 11.6 Å². The number of hydrogen-bond donors (Lipinski definition) is 1. The van der Waals surface area contributed by atoms with Crippen molar-refractivity contribution in [3.63, 3.8) is 0 Å². The lowest BCUT2D eigenvalue weighted by atomic mass is 10.0. The van der Waals surface area contributed by atoms with E-state index in [-0.39, 0.29) is 11.8 Å². The minimum Gasteiger partial charge on any atom is -0.392 e. The summed E-state index contributed by atoms with van der Waals surface area (Å²) in [6.07, 6.45) is 2.13. The van der Waals surface area contributed by atoms with Gasteiger partial charge in [-0.2, -0.15) is 0 Å². The number of amides is 1. The lowest BCUT2D eigenvalue weighted by Crippen LogP contribution is -2.49. The number of aliphatic hydroxyl groups excluding tert-OH is 1. The molecule has 0 spiro atoms. The van der Waals surface area contributed by atoms with E-state index >= 15 is 0 Å². The third-order valence-electron chi connectivity index (χ3n) is 5.42. The SMILES string of the molecule is CN(CCN1CCN(c2ccccc2)CC1)C(=O)C1CCCC1O. The van der Waals surface area contributed by atoms with Gasteiger partial charge in [0.2, 0.25) is 5.91 Å². The minimum absolute atomic E-state index is 0.114. The van der Waals surface area contributed by atoms with Crippen molar-refractivity contribution in [3.8, 4) is 0 Å². The number of benzene rings is 1. The molecule has 1 saturated heterocycles. The molecule has 1 aliphatic heterocycles. The van der Waals surface area contributed by atoms with Crippen LogP contribution in [0.25, 0.3) is 0 Å². The molecule has 2 atom stereocenters. The van der Waals surface area contributed by atoms with Gasteiger partial charge in [-0.05, 0) is 31.4 Å². The monoisotopic (exact) mass is 331 g/mol. The Labute approximate surface area is 144 Å². The molecule has 5 nitrogen and oxygen atoms in total. The summed E-state index contributed by atoms with van der Waals surface area (Å²) in [5.74, 6) is -0.0622. The maximum atomic E-state index is 12.4. The van der Waals surface area contributed by atoms with Crippen LogP contribution in [0.2, 0.25) is 0 Å². The average Bonchev–Trinajstić information content (AvgIpc) is 3.06. The summed E-state index contributed by atoms with van der Waals surface area (Å²) in [6, 6.07) is 10.5. The van der Waals surface area contributed by atoms with Crippen LogP contribution in [0.4, 0.5) is 5.69 Å². The van der Waals surface area contributed by atoms with Crippen LogP contribution in [0.5, 0.6) is 0 Å². The van der Waals surface area contributed by atoms with Crippen LogP contribution in [0.15, 0.2) is 30.3 Å². The van der Waals surface area contributed by atoms with Crippen LogP contribution in [0.1, 0.15) is 19.3 Å². The molecule has 1 heterocycles. The Morgan fingerprint density at radius 3 is 2.50 bits per heavy atom. The summed E-state index contributed by atoms with van der Waals surface area (Å²) >= 11 is 0. The molecule has 0 aromatic heterocycles. The van der Waals surface area contributed by atoms with E-state index in [1.807, 2.05) is 18.0 Å². The largest absolute Gasteiger partial charge is 0.392 e. The van der Waals surface area contributed by atoms with Gasteiger partial charge in [-0.15, -0.1) is 0 Å². The van der Waals surface area contributed by atoms with Gasteiger partial charge in [0.1, 0.15) is 0 Å². The zero-order chi connectivity index (χ0) is 16.9. The van der Waals surface area contributed by atoms with Crippen LogP contribution in [-0.2, 0) is 4.79 Å². The van der Waals surface area contributed by atoms with Crippen LogP contribution in [0, 0.1) is 5.92 Å². The van der Waals surface area contributed by atoms with Crippen LogP contribution in [-0.4, -0.2) is 73.2 Å². The predicted molar refractivity (Wildman–Crippen MR) is 96.1 cm³/mol. The van der Waals surface area contributed by atoms with E-state index in [2.05, 4.69) is 34.1 Å². The normalized spacial score (nSPS) is 25.0. The number of rotatable bonds is 5. The van der Waals surface area contributed by atoms with Gasteiger partial charge in [-0.1, -0.05) is 18.2 Å². The van der Waals surface area contributed by atoms with Crippen LogP contribution in [0.3, 0.4) is 0 Å². The Bertz CT molecular complexity index is 529. The highest BCUT2D eigenvalue weighted by atomic mass is 16.3. The van der Waals surface area contributed by atoms with Crippen molar-refractivity contribution in [1.29, 1.82) is 0 Å². The molecule has 2 unspecified atom stereocenters. The summed E-state index contributed by atoms with van der Waals surface area (Å²) in [5.41, 5.74) is 1.29. The molecule has 1 aromatic rings. The Balaban J connectivity index is 1.41. The number of hydrogen-bond acceptors (Lipinski definition) is 4. The number of carbonyl (C=O) groups excluding carboxylic acids is 1. The van der Waals surface area contributed by atoms with E-state index < -0.39 is 6.10 Å². The number of likely N-dealkylation sites (N-methyl/N-ethyl adjacent to an activating group) is 1. The number of piperazine rings is 1. The van der Waals surface area contributed by atoms with Crippen molar-refractivity contribution in [1.82, 2.24) is 9.80 Å². The Morgan fingerprint density at radius 1 is 1.17 bits per heavy atom. The highest BCUT2D eigenvalue weighted by Gasteiger charge is 2.33. The first-order valence-corrected chi connectivity index (χ1v) is 9.10. The van der Waals surface area contributed by atoms with Crippen molar-refractivity contribution in [2.24, 2.45) is 5.92 Å². The highest BCUT2D eigenvalue weighted by molar-refractivity contribution is 5.79. The summed E-state index contributed by atoms with van der Waals surface area (Å²) < 4.78 is 0. The second kappa shape index (κ2) is 7.99. The quantitative estimate of drug-likeness (QED) is 0.887. The topological polar surface area (TPSA) is 47.0 Å². The molecule has 1 N–H and O–H groups in total. The van der Waals surface area contributed by atoms with E-state index in [1.54, 1.807) is 0 Å². The Kier molecular flexibility index (Phi) is 5.74. The number of nitrogens with zero attached hydrogens (tertiary/aromatic N) is 3. The second-order valence-electron chi connectivity index (χ2n) is 7.03. The lowest BCUT2D eigenvalue weighted by Gasteiger charge is -2.37. The van der Waals surface area contributed by atoms with Crippen molar-refractivity contribution in [3.05, 3.63) is 30.3 Å². The molecule has 1 saturated carbocycles. The highest BCUT2D eigenvalue weighted by Crippen LogP contribution is 2.27. The fourth-order valence-electron chi connectivity index (χ4n) is 3.78. The molecule has 132 valence electrons. The number of anilines is 1. The molecular weight excluding hydrogens is 302 g/mol. The third kappa shape index (κ3) is 4.08. The molecule has 3 rings (SSSR count). The third-order valence-corrected chi connectivity index (χ3v) is 5.42. The maximum absolute atomic E-state index is 12.4. The zero-order valence-electron chi connectivity index (χ0n) is 14.6. The molecule has 2 aliphatic rings. The van der Waals surface area contributed by atoms with Gasteiger partial charge < -0.3 is 14.9 Å². The van der Waals surface area contributed by atoms with E-state index in [9.17, 15) is 9.90 Å². The zero-order valence-corrected chi connectivity index (χ0v) is 14.6. The van der Waals surface area contributed by atoms with Crippen LogP contribution < -0.4 is 4.90 Å². The molecule has 1 aliphatic carbocycles. The second-order valence-corrected chi connectivity index (χ2v) is 7.03.